The van der Waals surface area contributed by atoms with E-state index in [2.05, 4.69) is 64.2 Å². The largest absolute Gasteiger partial charge is 0.312 e. The van der Waals surface area contributed by atoms with E-state index in [1.807, 2.05) is 11.3 Å². The van der Waals surface area contributed by atoms with Crippen molar-refractivity contribution in [1.82, 2.24) is 10.3 Å². The summed E-state index contributed by atoms with van der Waals surface area (Å²) >= 11 is 1.82. The van der Waals surface area contributed by atoms with Crippen LogP contribution in [-0.4, -0.2) is 17.1 Å². The first kappa shape index (κ1) is 16.2. The van der Waals surface area contributed by atoms with E-state index >= 15 is 0 Å². The monoisotopic (exact) mass is 302 g/mol. The van der Waals surface area contributed by atoms with E-state index in [0.29, 0.717) is 0 Å². The summed E-state index contributed by atoms with van der Waals surface area (Å²) in [4.78, 5) is 6.14. The molecule has 1 aromatic heterocycles. The van der Waals surface area contributed by atoms with Crippen LogP contribution < -0.4 is 5.32 Å². The van der Waals surface area contributed by atoms with E-state index < -0.39 is 0 Å². The predicted molar refractivity (Wildman–Crippen MR) is 93.1 cm³/mol. The number of nitrogens with zero attached hydrogens (tertiary/aromatic N) is 1. The molecular weight excluding hydrogens is 276 g/mol. The summed E-state index contributed by atoms with van der Waals surface area (Å²) in [5, 5.41) is 4.74. The SMILES string of the molecule is CCc1ccc(-c2nc(CCNC(C)(C)C)sc2C)cc1. The van der Waals surface area contributed by atoms with Crippen molar-refractivity contribution in [3.8, 4) is 11.3 Å². The van der Waals surface area contributed by atoms with Crippen LogP contribution in [-0.2, 0) is 12.8 Å². The van der Waals surface area contributed by atoms with Gasteiger partial charge in [0.05, 0.1) is 10.7 Å². The Morgan fingerprint density at radius 1 is 1.14 bits per heavy atom. The summed E-state index contributed by atoms with van der Waals surface area (Å²) < 4.78 is 0. The zero-order chi connectivity index (χ0) is 15.5. The van der Waals surface area contributed by atoms with Crippen molar-refractivity contribution in [2.24, 2.45) is 0 Å². The van der Waals surface area contributed by atoms with Gasteiger partial charge in [-0.1, -0.05) is 31.2 Å². The summed E-state index contributed by atoms with van der Waals surface area (Å²) in [6.45, 7) is 11.9. The van der Waals surface area contributed by atoms with E-state index in [1.165, 1.54) is 21.0 Å². The van der Waals surface area contributed by atoms with Crippen LogP contribution in [0.5, 0.6) is 0 Å². The fourth-order valence-electron chi connectivity index (χ4n) is 2.27. The first-order valence-electron chi connectivity index (χ1n) is 7.69. The molecular formula is C18H26N2S. The molecule has 1 aromatic carbocycles. The molecule has 0 amide bonds. The van der Waals surface area contributed by atoms with Crippen molar-refractivity contribution in [2.45, 2.75) is 53.0 Å². The third kappa shape index (κ3) is 4.65. The first-order valence-corrected chi connectivity index (χ1v) is 8.51. The highest BCUT2D eigenvalue weighted by atomic mass is 32.1. The predicted octanol–water partition coefficient (Wildman–Crippen LogP) is 4.61. The average Bonchev–Trinajstić information content (AvgIpc) is 2.78. The lowest BCUT2D eigenvalue weighted by atomic mass is 10.1. The van der Waals surface area contributed by atoms with Gasteiger partial charge in [-0.05, 0) is 39.7 Å². The van der Waals surface area contributed by atoms with Gasteiger partial charge in [-0.15, -0.1) is 11.3 Å². The van der Waals surface area contributed by atoms with Crippen LogP contribution in [0.3, 0.4) is 0 Å². The van der Waals surface area contributed by atoms with Crippen molar-refractivity contribution in [1.29, 1.82) is 0 Å². The molecule has 1 N–H and O–H groups in total. The number of benzene rings is 1. The third-order valence-corrected chi connectivity index (χ3v) is 4.50. The van der Waals surface area contributed by atoms with Crippen molar-refractivity contribution in [3.63, 3.8) is 0 Å². The molecule has 0 aliphatic rings. The van der Waals surface area contributed by atoms with E-state index in [9.17, 15) is 0 Å². The maximum Gasteiger partial charge on any atom is 0.0948 e. The molecule has 0 aliphatic carbocycles. The Balaban J connectivity index is 2.07. The molecule has 2 nitrogen and oxygen atoms in total. The molecule has 2 aromatic rings. The van der Waals surface area contributed by atoms with Gasteiger partial charge in [0.15, 0.2) is 0 Å². The van der Waals surface area contributed by atoms with Crippen molar-refractivity contribution >= 4 is 11.3 Å². The molecule has 0 bridgehead atoms. The van der Waals surface area contributed by atoms with Crippen LogP contribution in [0.2, 0.25) is 0 Å². The molecule has 0 unspecified atom stereocenters. The topological polar surface area (TPSA) is 24.9 Å². The number of hydrogen-bond donors (Lipinski definition) is 1. The Hall–Kier alpha value is -1.19. The van der Waals surface area contributed by atoms with Crippen LogP contribution in [0.1, 0.15) is 43.1 Å². The van der Waals surface area contributed by atoms with Crippen LogP contribution in [0.15, 0.2) is 24.3 Å². The lowest BCUT2D eigenvalue weighted by Gasteiger charge is -2.19. The van der Waals surface area contributed by atoms with Crippen LogP contribution in [0, 0.1) is 6.92 Å². The fraction of sp³-hybridized carbons (Fsp3) is 0.500. The summed E-state index contributed by atoms with van der Waals surface area (Å²) in [6, 6.07) is 8.79. The van der Waals surface area contributed by atoms with Crippen molar-refractivity contribution in [2.75, 3.05) is 6.54 Å². The molecule has 21 heavy (non-hydrogen) atoms. The summed E-state index contributed by atoms with van der Waals surface area (Å²) in [5.74, 6) is 0. The van der Waals surface area contributed by atoms with Gasteiger partial charge in [0, 0.05) is 28.9 Å². The zero-order valence-corrected chi connectivity index (χ0v) is 14.6. The third-order valence-electron chi connectivity index (χ3n) is 3.47. The average molecular weight is 302 g/mol. The van der Waals surface area contributed by atoms with Gasteiger partial charge >= 0.3 is 0 Å². The van der Waals surface area contributed by atoms with Gasteiger partial charge in [0.2, 0.25) is 0 Å². The minimum Gasteiger partial charge on any atom is -0.312 e. The molecule has 3 heteroatoms. The highest BCUT2D eigenvalue weighted by molar-refractivity contribution is 7.12. The van der Waals surface area contributed by atoms with Crippen LogP contribution in [0.25, 0.3) is 11.3 Å². The summed E-state index contributed by atoms with van der Waals surface area (Å²) in [6.07, 6.45) is 2.08. The first-order chi connectivity index (χ1) is 9.89. The second kappa shape index (κ2) is 6.71. The van der Waals surface area contributed by atoms with Gasteiger partial charge in [-0.2, -0.15) is 0 Å². The number of rotatable bonds is 5. The van der Waals surface area contributed by atoms with Crippen LogP contribution >= 0.6 is 11.3 Å². The zero-order valence-electron chi connectivity index (χ0n) is 13.8. The number of aromatic nitrogens is 1. The Kier molecular flexibility index (Phi) is 5.17. The quantitative estimate of drug-likeness (QED) is 0.872. The van der Waals surface area contributed by atoms with Gasteiger partial charge < -0.3 is 5.32 Å². The number of aryl methyl sites for hydroxylation is 2. The molecule has 114 valence electrons. The number of thiazole rings is 1. The summed E-state index contributed by atoms with van der Waals surface area (Å²) in [7, 11) is 0. The highest BCUT2D eigenvalue weighted by Gasteiger charge is 2.12. The van der Waals surface area contributed by atoms with E-state index in [1.54, 1.807) is 0 Å². The lowest BCUT2D eigenvalue weighted by molar-refractivity contribution is 0.429. The molecule has 2 rings (SSSR count). The van der Waals surface area contributed by atoms with Crippen LogP contribution in [0.4, 0.5) is 0 Å². The van der Waals surface area contributed by atoms with E-state index in [4.69, 9.17) is 4.98 Å². The molecule has 0 spiro atoms. The minimum atomic E-state index is 0.172. The Morgan fingerprint density at radius 2 is 1.81 bits per heavy atom. The Morgan fingerprint density at radius 3 is 2.38 bits per heavy atom. The van der Waals surface area contributed by atoms with Gasteiger partial charge in [0.1, 0.15) is 0 Å². The normalized spacial score (nSPS) is 11.9. The van der Waals surface area contributed by atoms with Crippen molar-refractivity contribution in [3.05, 3.63) is 39.7 Å². The van der Waals surface area contributed by atoms with E-state index in [0.717, 1.165) is 25.1 Å². The molecule has 0 fully saturated rings. The van der Waals surface area contributed by atoms with Gasteiger partial charge in [-0.3, -0.25) is 0 Å². The van der Waals surface area contributed by atoms with Gasteiger partial charge in [-0.25, -0.2) is 4.98 Å². The maximum absolute atomic E-state index is 4.83. The molecule has 0 saturated heterocycles. The minimum absolute atomic E-state index is 0.172. The second-order valence-corrected chi connectivity index (χ2v) is 7.78. The summed E-state index contributed by atoms with van der Waals surface area (Å²) in [5.41, 5.74) is 3.93. The lowest BCUT2D eigenvalue weighted by Crippen LogP contribution is -2.37. The van der Waals surface area contributed by atoms with Gasteiger partial charge in [0.25, 0.3) is 0 Å². The molecule has 0 aliphatic heterocycles. The van der Waals surface area contributed by atoms with E-state index in [-0.39, 0.29) is 5.54 Å². The number of nitrogens with one attached hydrogen (secondary N) is 1. The Labute approximate surface area is 132 Å². The molecule has 0 radical (unpaired) electrons. The smallest absolute Gasteiger partial charge is 0.0948 e. The maximum atomic E-state index is 4.83. The molecule has 0 atom stereocenters. The highest BCUT2D eigenvalue weighted by Crippen LogP contribution is 2.28. The standard InChI is InChI=1S/C18H26N2S/c1-6-14-7-9-15(10-8-14)17-13(2)21-16(20-17)11-12-19-18(3,4)5/h7-10,19H,6,11-12H2,1-5H3. The Bertz CT molecular complexity index is 576. The molecule has 1 heterocycles. The fourth-order valence-corrected chi connectivity index (χ4v) is 3.22. The second-order valence-electron chi connectivity index (χ2n) is 6.49. The number of hydrogen-bond acceptors (Lipinski definition) is 3. The van der Waals surface area contributed by atoms with Crippen molar-refractivity contribution < 1.29 is 0 Å². The molecule has 0 saturated carbocycles.